The molecule has 0 aliphatic carbocycles. The van der Waals surface area contributed by atoms with Gasteiger partial charge in [-0.3, -0.25) is 4.90 Å². The van der Waals surface area contributed by atoms with E-state index >= 15 is 0 Å². The second kappa shape index (κ2) is 11.9. The van der Waals surface area contributed by atoms with Crippen LogP contribution in [0, 0.1) is 13.5 Å². The van der Waals surface area contributed by atoms with Gasteiger partial charge in [-0.25, -0.2) is 4.98 Å². The number of nitrogens with zero attached hydrogens (tertiary/aromatic N) is 6. The van der Waals surface area contributed by atoms with Gasteiger partial charge in [-0.1, -0.05) is 60.7 Å². The van der Waals surface area contributed by atoms with E-state index < -0.39 is 0 Å². The standard InChI is InChI=1S/C36H40N6O/c1-27-38-33-15-9-10-16-34(33)42(27)31-25-29-17-18-30(26-31)41(29)24-21-36(28-11-5-3-6-12-28)19-22-40(23-20-36)35(39-37-2)43-32-13-7-4-8-14-32/h3-16,29-31H,17-26H2,1H3/b39-35+/t29-,30+,31?. The largest absolute Gasteiger partial charge is 0.421 e. The Kier molecular flexibility index (Phi) is 7.63. The van der Waals surface area contributed by atoms with Gasteiger partial charge in [0.05, 0.1) is 11.0 Å². The van der Waals surface area contributed by atoms with E-state index in [1.54, 1.807) is 0 Å². The SMILES string of the molecule is [C-]#[N+]/N=C(/Oc1ccccc1)N1CCC(CCN2[C@@H]3CC[C@H]2CC(n2c(C)nc4ccccc42)C3)(c2ccccc2)CC1. The molecule has 3 aliphatic heterocycles. The summed E-state index contributed by atoms with van der Waals surface area (Å²) >= 11 is 0. The molecule has 1 unspecified atom stereocenters. The zero-order chi connectivity index (χ0) is 29.2. The van der Waals surface area contributed by atoms with Gasteiger partial charge < -0.3 is 14.2 Å². The summed E-state index contributed by atoms with van der Waals surface area (Å²) in [7, 11) is 0. The predicted octanol–water partition coefficient (Wildman–Crippen LogP) is 7.21. The van der Waals surface area contributed by atoms with Crippen LogP contribution in [0.2, 0.25) is 0 Å². The Bertz CT molecular complexity index is 1600. The number of para-hydroxylation sites is 3. The lowest BCUT2D eigenvalue weighted by Gasteiger charge is -2.45. The first-order valence-corrected chi connectivity index (χ1v) is 15.8. The van der Waals surface area contributed by atoms with Crippen LogP contribution in [0.25, 0.3) is 16.0 Å². The van der Waals surface area contributed by atoms with Crippen molar-refractivity contribution in [2.24, 2.45) is 5.10 Å². The summed E-state index contributed by atoms with van der Waals surface area (Å²) in [6.07, 6.45) is 8.17. The van der Waals surface area contributed by atoms with Crippen LogP contribution >= 0.6 is 0 Å². The fraction of sp³-hybridized carbons (Fsp3) is 0.417. The molecular formula is C36H40N6O. The summed E-state index contributed by atoms with van der Waals surface area (Å²) in [6.45, 7) is 12.3. The maximum absolute atomic E-state index is 7.38. The summed E-state index contributed by atoms with van der Waals surface area (Å²) in [5.74, 6) is 1.86. The molecule has 7 rings (SSSR count). The Labute approximate surface area is 254 Å². The number of amidine groups is 1. The van der Waals surface area contributed by atoms with E-state index in [2.05, 4.69) is 85.9 Å². The maximum atomic E-state index is 7.38. The monoisotopic (exact) mass is 572 g/mol. The highest BCUT2D eigenvalue weighted by molar-refractivity contribution is 5.77. The summed E-state index contributed by atoms with van der Waals surface area (Å²) in [5, 5.41) is 4.06. The lowest BCUT2D eigenvalue weighted by atomic mass is 9.70. The molecular weight excluding hydrogens is 532 g/mol. The van der Waals surface area contributed by atoms with E-state index in [1.165, 1.54) is 36.8 Å². The summed E-state index contributed by atoms with van der Waals surface area (Å²) in [5.41, 5.74) is 3.93. The molecule has 0 radical (unpaired) electrons. The molecule has 4 heterocycles. The third-order valence-corrected chi connectivity index (χ3v) is 10.3. The van der Waals surface area contributed by atoms with Crippen LogP contribution in [-0.4, -0.2) is 57.1 Å². The van der Waals surface area contributed by atoms with E-state index in [-0.39, 0.29) is 5.41 Å². The number of hydrogen-bond acceptors (Lipinski definition) is 4. The van der Waals surface area contributed by atoms with E-state index in [9.17, 15) is 0 Å². The molecule has 3 aromatic carbocycles. The topological polar surface area (TPSA) is 50.2 Å². The number of aromatic nitrogens is 2. The van der Waals surface area contributed by atoms with Crippen molar-refractivity contribution in [3.8, 4) is 5.75 Å². The Morgan fingerprint density at radius 3 is 2.26 bits per heavy atom. The normalized spacial score (nSPS) is 23.8. The third kappa shape index (κ3) is 5.41. The van der Waals surface area contributed by atoms with Crippen LogP contribution in [0.1, 0.15) is 62.4 Å². The van der Waals surface area contributed by atoms with Crippen molar-refractivity contribution in [2.45, 2.75) is 75.4 Å². The van der Waals surface area contributed by atoms with Crippen molar-refractivity contribution in [2.75, 3.05) is 19.6 Å². The number of piperidine rings is 2. The average Bonchev–Trinajstić information content (AvgIpc) is 3.51. The molecule has 3 fully saturated rings. The molecule has 0 spiro atoms. The van der Waals surface area contributed by atoms with Crippen molar-refractivity contribution in [1.29, 1.82) is 0 Å². The van der Waals surface area contributed by atoms with Gasteiger partial charge >= 0.3 is 6.02 Å². The number of benzene rings is 3. The molecule has 2 bridgehead atoms. The molecule has 3 saturated heterocycles. The van der Waals surface area contributed by atoms with Gasteiger partial charge in [-0.05, 0) is 93.7 Å². The zero-order valence-electron chi connectivity index (χ0n) is 25.0. The van der Waals surface area contributed by atoms with Gasteiger partial charge in [0, 0.05) is 31.2 Å². The lowest BCUT2D eigenvalue weighted by Crippen LogP contribution is -2.49. The minimum Gasteiger partial charge on any atom is -0.421 e. The molecule has 220 valence electrons. The first-order valence-electron chi connectivity index (χ1n) is 15.8. The predicted molar refractivity (Wildman–Crippen MR) is 171 cm³/mol. The molecule has 7 nitrogen and oxygen atoms in total. The van der Waals surface area contributed by atoms with Crippen LogP contribution in [-0.2, 0) is 5.41 Å². The zero-order valence-corrected chi connectivity index (χ0v) is 25.0. The second-order valence-electron chi connectivity index (χ2n) is 12.5. The summed E-state index contributed by atoms with van der Waals surface area (Å²) in [6, 6.07) is 31.6. The van der Waals surface area contributed by atoms with Crippen molar-refractivity contribution in [1.82, 2.24) is 19.4 Å². The first-order chi connectivity index (χ1) is 21.1. The van der Waals surface area contributed by atoms with Crippen molar-refractivity contribution >= 4 is 17.1 Å². The summed E-state index contributed by atoms with van der Waals surface area (Å²) in [4.78, 5) is 13.2. The summed E-state index contributed by atoms with van der Waals surface area (Å²) < 4.78 is 8.61. The fourth-order valence-electron chi connectivity index (χ4n) is 8.18. The molecule has 3 atom stereocenters. The Morgan fingerprint density at radius 1 is 0.907 bits per heavy atom. The van der Waals surface area contributed by atoms with Crippen LogP contribution < -0.4 is 4.74 Å². The van der Waals surface area contributed by atoms with Crippen LogP contribution in [0.15, 0.2) is 90.0 Å². The smallest absolute Gasteiger partial charge is 0.376 e. The number of fused-ring (bicyclic) bond motifs is 3. The van der Waals surface area contributed by atoms with Crippen LogP contribution in [0.5, 0.6) is 5.75 Å². The number of rotatable bonds is 6. The van der Waals surface area contributed by atoms with E-state index in [1.807, 2.05) is 30.3 Å². The molecule has 0 amide bonds. The van der Waals surface area contributed by atoms with Gasteiger partial charge in [0.25, 0.3) is 0 Å². The molecule has 43 heavy (non-hydrogen) atoms. The van der Waals surface area contributed by atoms with Crippen molar-refractivity contribution in [3.05, 3.63) is 108 Å². The number of likely N-dealkylation sites (tertiary alicyclic amines) is 1. The number of imidazole rings is 1. The Balaban J connectivity index is 1.06. The molecule has 4 aromatic rings. The van der Waals surface area contributed by atoms with E-state index in [0.717, 1.165) is 50.2 Å². The van der Waals surface area contributed by atoms with E-state index in [0.29, 0.717) is 29.9 Å². The van der Waals surface area contributed by atoms with Gasteiger partial charge in [-0.2, -0.15) is 6.57 Å². The average molecular weight is 573 g/mol. The maximum Gasteiger partial charge on any atom is 0.376 e. The fourth-order valence-corrected chi connectivity index (χ4v) is 8.18. The van der Waals surface area contributed by atoms with Gasteiger partial charge in [0.15, 0.2) is 0 Å². The number of aryl methyl sites for hydroxylation is 1. The second-order valence-corrected chi connectivity index (χ2v) is 12.5. The van der Waals surface area contributed by atoms with Crippen LogP contribution in [0.4, 0.5) is 0 Å². The minimum atomic E-state index is 0.0984. The highest BCUT2D eigenvalue weighted by atomic mass is 16.5. The molecule has 7 heteroatoms. The van der Waals surface area contributed by atoms with Gasteiger partial charge in [0.2, 0.25) is 0 Å². The third-order valence-electron chi connectivity index (χ3n) is 10.3. The minimum absolute atomic E-state index is 0.0984. The number of hydrogen-bond donors (Lipinski definition) is 0. The van der Waals surface area contributed by atoms with Gasteiger partial charge in [-0.15, -0.1) is 4.95 Å². The highest BCUT2D eigenvalue weighted by Gasteiger charge is 2.44. The van der Waals surface area contributed by atoms with Crippen molar-refractivity contribution in [3.63, 3.8) is 0 Å². The first kappa shape index (κ1) is 27.7. The molecule has 1 aromatic heterocycles. The molecule has 0 saturated carbocycles. The van der Waals surface area contributed by atoms with Gasteiger partial charge in [0.1, 0.15) is 16.7 Å². The lowest BCUT2D eigenvalue weighted by molar-refractivity contribution is 0.0878. The quantitative estimate of drug-likeness (QED) is 0.106. The molecule has 3 aliphatic rings. The van der Waals surface area contributed by atoms with Crippen LogP contribution in [0.3, 0.4) is 0 Å². The highest BCUT2D eigenvalue weighted by Crippen LogP contribution is 2.45. The molecule has 0 N–H and O–H groups in total. The Hall–Kier alpha value is -4.15. The number of ether oxygens (including phenoxy) is 1. The Morgan fingerprint density at radius 2 is 1.56 bits per heavy atom. The van der Waals surface area contributed by atoms with Crippen molar-refractivity contribution < 1.29 is 4.74 Å². The van der Waals surface area contributed by atoms with E-state index in [4.69, 9.17) is 16.3 Å².